The Morgan fingerprint density at radius 3 is 2.60 bits per heavy atom. The summed E-state index contributed by atoms with van der Waals surface area (Å²) in [5, 5.41) is 3.62. The Morgan fingerprint density at radius 2 is 1.90 bits per heavy atom. The smallest absolute Gasteiger partial charge is 0.0576 e. The molecule has 3 heteroatoms. The second-order valence-electron chi connectivity index (χ2n) is 5.46. The molecular weight excluding hydrogens is 266 g/mol. The first-order valence-corrected chi connectivity index (χ1v) is 8.90. The van der Waals surface area contributed by atoms with Crippen molar-refractivity contribution in [3.63, 3.8) is 0 Å². The molecule has 0 amide bonds. The van der Waals surface area contributed by atoms with Crippen LogP contribution in [0.25, 0.3) is 0 Å². The molecule has 0 unspecified atom stereocenters. The lowest BCUT2D eigenvalue weighted by Gasteiger charge is -2.29. The monoisotopic (exact) mass is 293 g/mol. The van der Waals surface area contributed by atoms with E-state index in [2.05, 4.69) is 42.6 Å². The van der Waals surface area contributed by atoms with E-state index >= 15 is 0 Å². The minimum atomic E-state index is 0.492. The maximum absolute atomic E-state index is 6.01. The van der Waals surface area contributed by atoms with Crippen LogP contribution in [0.15, 0.2) is 35.2 Å². The Kier molecular flexibility index (Phi) is 7.48. The van der Waals surface area contributed by atoms with E-state index in [1.54, 1.807) is 0 Å². The molecular formula is C17H27NOS. The van der Waals surface area contributed by atoms with Gasteiger partial charge in [-0.05, 0) is 50.8 Å². The normalized spacial score (nSPS) is 22.9. The number of thioether (sulfide) groups is 1. The van der Waals surface area contributed by atoms with E-state index in [1.165, 1.54) is 37.0 Å². The molecule has 0 atom stereocenters. The number of rotatable bonds is 8. The summed E-state index contributed by atoms with van der Waals surface area (Å²) in [5.74, 6) is 1.05. The van der Waals surface area contributed by atoms with Crippen LogP contribution in [-0.2, 0) is 4.74 Å². The van der Waals surface area contributed by atoms with Gasteiger partial charge in [-0.25, -0.2) is 0 Å². The van der Waals surface area contributed by atoms with Crippen molar-refractivity contribution >= 4 is 11.8 Å². The molecule has 1 aliphatic rings. The van der Waals surface area contributed by atoms with Gasteiger partial charge in [0, 0.05) is 16.7 Å². The van der Waals surface area contributed by atoms with Gasteiger partial charge < -0.3 is 10.1 Å². The predicted molar refractivity (Wildman–Crippen MR) is 87.5 cm³/mol. The average molecular weight is 293 g/mol. The van der Waals surface area contributed by atoms with Crippen LogP contribution in [0, 0.1) is 0 Å². The Bertz CT molecular complexity index is 349. The zero-order chi connectivity index (χ0) is 14.0. The third kappa shape index (κ3) is 5.86. The van der Waals surface area contributed by atoms with Crippen LogP contribution < -0.4 is 5.32 Å². The van der Waals surface area contributed by atoms with Gasteiger partial charge in [0.2, 0.25) is 0 Å². The molecule has 112 valence electrons. The summed E-state index contributed by atoms with van der Waals surface area (Å²) in [6.45, 7) is 4.26. The molecule has 1 fully saturated rings. The minimum Gasteiger partial charge on any atom is -0.377 e. The molecule has 0 saturated heterocycles. The zero-order valence-corrected chi connectivity index (χ0v) is 13.3. The maximum atomic E-state index is 6.01. The van der Waals surface area contributed by atoms with Crippen molar-refractivity contribution in [1.29, 1.82) is 0 Å². The first kappa shape index (κ1) is 15.9. The number of nitrogens with one attached hydrogen (secondary N) is 1. The van der Waals surface area contributed by atoms with Crippen molar-refractivity contribution < 1.29 is 4.74 Å². The summed E-state index contributed by atoms with van der Waals surface area (Å²) in [6, 6.07) is 11.3. The third-order valence-electron chi connectivity index (χ3n) is 3.81. The number of hydrogen-bond acceptors (Lipinski definition) is 3. The highest BCUT2D eigenvalue weighted by Gasteiger charge is 2.20. The van der Waals surface area contributed by atoms with Crippen LogP contribution in [0.4, 0.5) is 0 Å². The largest absolute Gasteiger partial charge is 0.377 e. The Labute approximate surface area is 127 Å². The van der Waals surface area contributed by atoms with Gasteiger partial charge in [-0.1, -0.05) is 25.1 Å². The molecule has 1 aromatic rings. The molecule has 0 radical (unpaired) electrons. The first-order valence-electron chi connectivity index (χ1n) is 7.91. The van der Waals surface area contributed by atoms with Crippen molar-refractivity contribution in [2.45, 2.75) is 56.1 Å². The Hall–Kier alpha value is -0.510. The van der Waals surface area contributed by atoms with E-state index in [0.717, 1.165) is 24.9 Å². The van der Waals surface area contributed by atoms with Crippen molar-refractivity contribution in [3.8, 4) is 0 Å². The maximum Gasteiger partial charge on any atom is 0.0576 e. The SMILES string of the molecule is CCCNC1CCC(OCCSc2ccccc2)CC1. The van der Waals surface area contributed by atoms with Gasteiger partial charge >= 0.3 is 0 Å². The first-order chi connectivity index (χ1) is 9.88. The number of hydrogen-bond donors (Lipinski definition) is 1. The van der Waals surface area contributed by atoms with Gasteiger partial charge in [0.25, 0.3) is 0 Å². The van der Waals surface area contributed by atoms with Crippen molar-refractivity contribution in [2.24, 2.45) is 0 Å². The standard InChI is InChI=1S/C17H27NOS/c1-2-12-18-15-8-10-16(11-9-15)19-13-14-20-17-6-4-3-5-7-17/h3-7,15-16,18H,2,8-14H2,1H3. The Balaban J connectivity index is 1.53. The van der Waals surface area contributed by atoms with Crippen LogP contribution in [0.5, 0.6) is 0 Å². The van der Waals surface area contributed by atoms with Crippen LogP contribution in [0.2, 0.25) is 0 Å². The van der Waals surface area contributed by atoms with Gasteiger partial charge in [0.15, 0.2) is 0 Å². The van der Waals surface area contributed by atoms with E-state index in [1.807, 2.05) is 11.8 Å². The highest BCUT2D eigenvalue weighted by molar-refractivity contribution is 7.99. The molecule has 0 aromatic heterocycles. The lowest BCUT2D eigenvalue weighted by Crippen LogP contribution is -2.35. The van der Waals surface area contributed by atoms with Crippen molar-refractivity contribution in [2.75, 3.05) is 18.9 Å². The van der Waals surface area contributed by atoms with E-state index in [-0.39, 0.29) is 0 Å². The molecule has 0 aliphatic heterocycles. The van der Waals surface area contributed by atoms with E-state index in [4.69, 9.17) is 4.74 Å². The summed E-state index contributed by atoms with van der Waals surface area (Å²) >= 11 is 1.88. The topological polar surface area (TPSA) is 21.3 Å². The molecule has 0 bridgehead atoms. The summed E-state index contributed by atoms with van der Waals surface area (Å²) in [6.07, 6.45) is 6.71. The highest BCUT2D eigenvalue weighted by atomic mass is 32.2. The molecule has 0 heterocycles. The fourth-order valence-electron chi connectivity index (χ4n) is 2.67. The van der Waals surface area contributed by atoms with Gasteiger partial charge in [-0.15, -0.1) is 11.8 Å². The minimum absolute atomic E-state index is 0.492. The summed E-state index contributed by atoms with van der Waals surface area (Å²) in [7, 11) is 0. The Morgan fingerprint density at radius 1 is 1.15 bits per heavy atom. The van der Waals surface area contributed by atoms with Gasteiger partial charge in [-0.2, -0.15) is 0 Å². The summed E-state index contributed by atoms with van der Waals surface area (Å²) < 4.78 is 6.01. The summed E-state index contributed by atoms with van der Waals surface area (Å²) in [4.78, 5) is 1.34. The fraction of sp³-hybridized carbons (Fsp3) is 0.647. The van der Waals surface area contributed by atoms with Gasteiger partial charge in [-0.3, -0.25) is 0 Å². The van der Waals surface area contributed by atoms with Gasteiger partial charge in [0.1, 0.15) is 0 Å². The molecule has 20 heavy (non-hydrogen) atoms. The molecule has 2 rings (SSSR count). The van der Waals surface area contributed by atoms with E-state index in [9.17, 15) is 0 Å². The molecule has 1 saturated carbocycles. The van der Waals surface area contributed by atoms with Crippen LogP contribution in [-0.4, -0.2) is 31.1 Å². The molecule has 2 nitrogen and oxygen atoms in total. The fourth-order valence-corrected chi connectivity index (χ4v) is 3.44. The third-order valence-corrected chi connectivity index (χ3v) is 4.78. The number of ether oxygens (including phenoxy) is 1. The second kappa shape index (κ2) is 9.43. The second-order valence-corrected chi connectivity index (χ2v) is 6.63. The zero-order valence-electron chi connectivity index (χ0n) is 12.5. The van der Waals surface area contributed by atoms with Gasteiger partial charge in [0.05, 0.1) is 12.7 Å². The van der Waals surface area contributed by atoms with E-state index in [0.29, 0.717) is 6.10 Å². The van der Waals surface area contributed by atoms with Crippen LogP contribution >= 0.6 is 11.8 Å². The molecule has 1 aliphatic carbocycles. The highest BCUT2D eigenvalue weighted by Crippen LogP contribution is 2.22. The summed E-state index contributed by atoms with van der Waals surface area (Å²) in [5.41, 5.74) is 0. The lowest BCUT2D eigenvalue weighted by molar-refractivity contribution is 0.0320. The van der Waals surface area contributed by atoms with Crippen LogP contribution in [0.3, 0.4) is 0 Å². The molecule has 1 N–H and O–H groups in total. The van der Waals surface area contributed by atoms with Crippen molar-refractivity contribution in [3.05, 3.63) is 30.3 Å². The molecule has 1 aromatic carbocycles. The van der Waals surface area contributed by atoms with Crippen molar-refractivity contribution in [1.82, 2.24) is 5.32 Å². The number of benzene rings is 1. The lowest BCUT2D eigenvalue weighted by atomic mass is 9.93. The molecule has 0 spiro atoms. The quantitative estimate of drug-likeness (QED) is 0.576. The van der Waals surface area contributed by atoms with E-state index < -0.39 is 0 Å². The van der Waals surface area contributed by atoms with Crippen LogP contribution in [0.1, 0.15) is 39.0 Å². The average Bonchev–Trinajstić information content (AvgIpc) is 2.52. The predicted octanol–water partition coefficient (Wildman–Crippen LogP) is 4.11.